The van der Waals surface area contributed by atoms with Crippen molar-refractivity contribution in [1.82, 2.24) is 4.90 Å². The number of nitrogens with zero attached hydrogens (tertiary/aromatic N) is 1. The lowest BCUT2D eigenvalue weighted by Crippen LogP contribution is -2.28. The fraction of sp³-hybridized carbons (Fsp3) is 0.200. The molecule has 0 saturated carbocycles. The van der Waals surface area contributed by atoms with Gasteiger partial charge in [-0.2, -0.15) is 0 Å². The summed E-state index contributed by atoms with van der Waals surface area (Å²) >= 11 is 7.57. The molecule has 1 amide bonds. The predicted molar refractivity (Wildman–Crippen MR) is 126 cm³/mol. The highest BCUT2D eigenvalue weighted by Crippen LogP contribution is 2.41. The van der Waals surface area contributed by atoms with Crippen molar-refractivity contribution in [2.75, 3.05) is 6.61 Å². The molecule has 0 radical (unpaired) electrons. The number of ether oxygens (including phenoxy) is 1. The van der Waals surface area contributed by atoms with Gasteiger partial charge in [-0.05, 0) is 47.7 Å². The largest absolute Gasteiger partial charge is 0.507 e. The van der Waals surface area contributed by atoms with Crippen LogP contribution in [-0.2, 0) is 16.1 Å². The smallest absolute Gasteiger partial charge is 0.295 e. The molecule has 164 valence electrons. The van der Waals surface area contributed by atoms with Crippen LogP contribution in [0.1, 0.15) is 35.4 Å². The highest BCUT2D eigenvalue weighted by molar-refractivity contribution is 7.09. The molecule has 2 aromatic carbocycles. The normalized spacial score (nSPS) is 17.7. The number of carbonyl (C=O) groups excluding carboxylic acids is 2. The van der Waals surface area contributed by atoms with Crippen LogP contribution < -0.4 is 4.74 Å². The minimum atomic E-state index is -0.727. The molecule has 1 aliphatic heterocycles. The second-order valence-electron chi connectivity index (χ2n) is 7.43. The van der Waals surface area contributed by atoms with E-state index in [1.165, 1.54) is 16.2 Å². The fourth-order valence-corrected chi connectivity index (χ4v) is 4.54. The van der Waals surface area contributed by atoms with Crippen LogP contribution in [0.4, 0.5) is 0 Å². The van der Waals surface area contributed by atoms with E-state index in [-0.39, 0.29) is 17.9 Å². The van der Waals surface area contributed by atoms with Crippen LogP contribution in [0, 0.1) is 0 Å². The molecule has 0 aliphatic carbocycles. The second-order valence-corrected chi connectivity index (χ2v) is 8.90. The number of thiophene rings is 1. The number of likely N-dealkylation sites (tertiary alicyclic amines) is 1. The SMILES string of the molecule is CCCOc1cccc(/C(O)=C2/C(=O)C(=O)N(Cc3cccs3)C2c2ccc(Cl)cc2)c1. The Kier molecular flexibility index (Phi) is 6.63. The average Bonchev–Trinajstić information content (AvgIpc) is 3.40. The number of ketones is 1. The molecule has 3 aromatic rings. The van der Waals surface area contributed by atoms with Crippen molar-refractivity contribution in [3.8, 4) is 5.75 Å². The highest BCUT2D eigenvalue weighted by atomic mass is 35.5. The molecule has 4 rings (SSSR count). The zero-order chi connectivity index (χ0) is 22.7. The van der Waals surface area contributed by atoms with Crippen molar-refractivity contribution in [2.24, 2.45) is 0 Å². The summed E-state index contributed by atoms with van der Waals surface area (Å²) in [5, 5.41) is 13.7. The summed E-state index contributed by atoms with van der Waals surface area (Å²) in [6.07, 6.45) is 0.848. The van der Waals surface area contributed by atoms with Gasteiger partial charge in [0.05, 0.1) is 24.8 Å². The number of aliphatic hydroxyl groups excluding tert-OH is 1. The number of benzene rings is 2. The summed E-state index contributed by atoms with van der Waals surface area (Å²) in [5.41, 5.74) is 1.18. The lowest BCUT2D eigenvalue weighted by Gasteiger charge is -2.25. The van der Waals surface area contributed by atoms with Crippen molar-refractivity contribution >= 4 is 40.4 Å². The van der Waals surface area contributed by atoms with Crippen LogP contribution in [-0.4, -0.2) is 28.3 Å². The Morgan fingerprint density at radius 3 is 2.59 bits per heavy atom. The number of hydrogen-bond acceptors (Lipinski definition) is 5. The van der Waals surface area contributed by atoms with E-state index in [0.717, 1.165) is 11.3 Å². The first-order chi connectivity index (χ1) is 15.5. The summed E-state index contributed by atoms with van der Waals surface area (Å²) in [6, 6.07) is 17.0. The zero-order valence-corrected chi connectivity index (χ0v) is 19.0. The topological polar surface area (TPSA) is 66.8 Å². The number of Topliss-reactive ketones (excluding diaryl/α,β-unsaturated/α-hetero) is 1. The molecule has 1 saturated heterocycles. The Balaban J connectivity index is 1.81. The third-order valence-corrected chi connectivity index (χ3v) is 6.33. The second kappa shape index (κ2) is 9.59. The van der Waals surface area contributed by atoms with Crippen molar-refractivity contribution < 1.29 is 19.4 Å². The van der Waals surface area contributed by atoms with Gasteiger partial charge in [0.2, 0.25) is 0 Å². The Hall–Kier alpha value is -3.09. The van der Waals surface area contributed by atoms with E-state index in [1.54, 1.807) is 48.5 Å². The van der Waals surface area contributed by atoms with Crippen molar-refractivity contribution in [1.29, 1.82) is 0 Å². The molecule has 1 unspecified atom stereocenters. The monoisotopic (exact) mass is 467 g/mol. The highest BCUT2D eigenvalue weighted by Gasteiger charge is 2.46. The maximum absolute atomic E-state index is 13.1. The summed E-state index contributed by atoms with van der Waals surface area (Å²) < 4.78 is 5.66. The number of halogens is 1. The Bertz CT molecular complexity index is 1150. The number of hydrogen-bond donors (Lipinski definition) is 1. The van der Waals surface area contributed by atoms with Crippen LogP contribution in [0.5, 0.6) is 5.75 Å². The number of carbonyl (C=O) groups is 2. The van der Waals surface area contributed by atoms with Gasteiger partial charge < -0.3 is 14.7 Å². The van der Waals surface area contributed by atoms with Gasteiger partial charge in [0.25, 0.3) is 11.7 Å². The van der Waals surface area contributed by atoms with E-state index >= 15 is 0 Å². The minimum absolute atomic E-state index is 0.0570. The summed E-state index contributed by atoms with van der Waals surface area (Å²) in [4.78, 5) is 28.6. The predicted octanol–water partition coefficient (Wildman–Crippen LogP) is 5.81. The Labute approximate surface area is 195 Å². The molecule has 1 fully saturated rings. The van der Waals surface area contributed by atoms with E-state index in [4.69, 9.17) is 16.3 Å². The van der Waals surface area contributed by atoms with E-state index in [1.807, 2.05) is 24.4 Å². The van der Waals surface area contributed by atoms with Crippen LogP contribution in [0.25, 0.3) is 5.76 Å². The third-order valence-electron chi connectivity index (χ3n) is 5.21. The molecule has 1 N–H and O–H groups in total. The zero-order valence-electron chi connectivity index (χ0n) is 17.5. The summed E-state index contributed by atoms with van der Waals surface area (Å²) in [5.74, 6) is -0.983. The molecule has 5 nitrogen and oxygen atoms in total. The van der Waals surface area contributed by atoms with E-state index < -0.39 is 17.7 Å². The summed E-state index contributed by atoms with van der Waals surface area (Å²) in [7, 11) is 0. The standard InChI is InChI=1S/C25H22ClNO4S/c1-2-12-31-19-6-3-5-17(14-19)23(28)21-22(16-8-10-18(26)11-9-16)27(25(30)24(21)29)15-20-7-4-13-32-20/h3-11,13-14,22,28H,2,12,15H2,1H3/b23-21-. The quantitative estimate of drug-likeness (QED) is 0.270. The number of aliphatic hydroxyl groups is 1. The van der Waals surface area contributed by atoms with Gasteiger partial charge in [-0.25, -0.2) is 0 Å². The van der Waals surface area contributed by atoms with Crippen LogP contribution in [0.2, 0.25) is 5.02 Å². The van der Waals surface area contributed by atoms with Gasteiger partial charge in [-0.3, -0.25) is 9.59 Å². The van der Waals surface area contributed by atoms with Gasteiger partial charge in [-0.15, -0.1) is 11.3 Å². The lowest BCUT2D eigenvalue weighted by molar-refractivity contribution is -0.140. The van der Waals surface area contributed by atoms with Gasteiger partial charge in [0.15, 0.2) is 0 Å². The summed E-state index contributed by atoms with van der Waals surface area (Å²) in [6.45, 7) is 2.82. The van der Waals surface area contributed by atoms with Crippen LogP contribution in [0.15, 0.2) is 71.6 Å². The van der Waals surface area contributed by atoms with Gasteiger partial charge >= 0.3 is 0 Å². The molecule has 2 heterocycles. The lowest BCUT2D eigenvalue weighted by atomic mass is 9.95. The van der Waals surface area contributed by atoms with Gasteiger partial charge in [0, 0.05) is 15.5 Å². The molecule has 7 heteroatoms. The van der Waals surface area contributed by atoms with Crippen LogP contribution in [0.3, 0.4) is 0 Å². The molecule has 0 spiro atoms. The molecule has 1 atom stereocenters. The third kappa shape index (κ3) is 4.42. The number of amides is 1. The molecule has 0 bridgehead atoms. The van der Waals surface area contributed by atoms with E-state index in [2.05, 4.69) is 0 Å². The Morgan fingerprint density at radius 1 is 1.12 bits per heavy atom. The molecular weight excluding hydrogens is 446 g/mol. The van der Waals surface area contributed by atoms with Crippen LogP contribution >= 0.6 is 22.9 Å². The number of rotatable bonds is 7. The maximum Gasteiger partial charge on any atom is 0.295 e. The minimum Gasteiger partial charge on any atom is -0.507 e. The van der Waals surface area contributed by atoms with Gasteiger partial charge in [-0.1, -0.05) is 48.9 Å². The van der Waals surface area contributed by atoms with Crippen molar-refractivity contribution in [2.45, 2.75) is 25.9 Å². The molecule has 1 aromatic heterocycles. The first kappa shape index (κ1) is 22.1. The average molecular weight is 468 g/mol. The molecular formula is C25H22ClNO4S. The molecule has 32 heavy (non-hydrogen) atoms. The molecule has 1 aliphatic rings. The van der Waals surface area contributed by atoms with E-state index in [9.17, 15) is 14.7 Å². The van der Waals surface area contributed by atoms with Crippen molar-refractivity contribution in [3.63, 3.8) is 0 Å². The van der Waals surface area contributed by atoms with Crippen molar-refractivity contribution in [3.05, 3.63) is 92.6 Å². The first-order valence-electron chi connectivity index (χ1n) is 10.3. The Morgan fingerprint density at radius 2 is 1.91 bits per heavy atom. The van der Waals surface area contributed by atoms with Gasteiger partial charge in [0.1, 0.15) is 11.5 Å². The van der Waals surface area contributed by atoms with E-state index in [0.29, 0.717) is 28.5 Å². The maximum atomic E-state index is 13.1. The fourth-order valence-electron chi connectivity index (χ4n) is 3.71. The first-order valence-corrected chi connectivity index (χ1v) is 11.5.